The second-order valence-corrected chi connectivity index (χ2v) is 7.21. The normalized spacial score (nSPS) is 13.3. The second-order valence-electron chi connectivity index (χ2n) is 7.21. The molecule has 0 saturated carbocycles. The summed E-state index contributed by atoms with van der Waals surface area (Å²) in [5.74, 6) is -1.18. The average molecular weight is 442 g/mol. The van der Waals surface area contributed by atoms with Gasteiger partial charge in [-0.3, -0.25) is 14.9 Å². The van der Waals surface area contributed by atoms with Crippen molar-refractivity contribution in [3.8, 4) is 11.1 Å². The molecule has 1 aliphatic rings. The SMILES string of the molecule is [2H]CC(COCNC(=O)OCC1c2ccccc2-c2ccccc21)OC(=O)CCC(=O)OC. The van der Waals surface area contributed by atoms with E-state index in [1.807, 2.05) is 36.4 Å². The Morgan fingerprint density at radius 1 is 1.00 bits per heavy atom. The first-order valence-electron chi connectivity index (χ1n) is 11.0. The molecule has 0 aromatic heterocycles. The van der Waals surface area contributed by atoms with E-state index in [1.54, 1.807) is 0 Å². The van der Waals surface area contributed by atoms with Gasteiger partial charge in [0.15, 0.2) is 0 Å². The quantitative estimate of drug-likeness (QED) is 0.261. The molecular weight excluding hydrogens is 414 g/mol. The molecule has 32 heavy (non-hydrogen) atoms. The molecule has 1 N–H and O–H groups in total. The highest BCUT2D eigenvalue weighted by Crippen LogP contribution is 2.44. The minimum absolute atomic E-state index is 0.0406. The van der Waals surface area contributed by atoms with Gasteiger partial charge in [0.25, 0.3) is 0 Å². The number of hydrogen-bond acceptors (Lipinski definition) is 7. The minimum Gasteiger partial charge on any atom is -0.469 e. The van der Waals surface area contributed by atoms with Gasteiger partial charge in [0.2, 0.25) is 0 Å². The molecule has 0 aliphatic heterocycles. The van der Waals surface area contributed by atoms with Crippen molar-refractivity contribution in [3.05, 3.63) is 59.7 Å². The number of hydrogen-bond donors (Lipinski definition) is 1. The highest BCUT2D eigenvalue weighted by Gasteiger charge is 2.28. The molecule has 8 nitrogen and oxygen atoms in total. The van der Waals surface area contributed by atoms with Crippen LogP contribution in [-0.4, -0.2) is 51.2 Å². The Morgan fingerprint density at radius 2 is 1.62 bits per heavy atom. The van der Waals surface area contributed by atoms with Gasteiger partial charge in [-0.2, -0.15) is 0 Å². The molecule has 8 heteroatoms. The van der Waals surface area contributed by atoms with Gasteiger partial charge >= 0.3 is 18.0 Å². The molecule has 0 fully saturated rings. The zero-order chi connectivity index (χ0) is 23.6. The Hall–Kier alpha value is -3.39. The number of alkyl carbamates (subject to hydrolysis) is 1. The summed E-state index contributed by atoms with van der Waals surface area (Å²) in [6.45, 7) is -0.258. The summed E-state index contributed by atoms with van der Waals surface area (Å²) in [4.78, 5) is 34.9. The summed E-state index contributed by atoms with van der Waals surface area (Å²) in [5.41, 5.74) is 4.53. The van der Waals surface area contributed by atoms with Crippen LogP contribution in [0.5, 0.6) is 0 Å². The third-order valence-corrected chi connectivity index (χ3v) is 5.03. The van der Waals surface area contributed by atoms with Crippen molar-refractivity contribution in [1.29, 1.82) is 0 Å². The number of carbonyl (C=O) groups is 3. The van der Waals surface area contributed by atoms with E-state index in [0.29, 0.717) is 0 Å². The van der Waals surface area contributed by atoms with Crippen LogP contribution in [0.3, 0.4) is 0 Å². The number of ether oxygens (including phenoxy) is 4. The third-order valence-electron chi connectivity index (χ3n) is 5.03. The largest absolute Gasteiger partial charge is 0.469 e. The van der Waals surface area contributed by atoms with Crippen molar-refractivity contribution in [2.75, 3.05) is 27.1 Å². The van der Waals surface area contributed by atoms with E-state index in [4.69, 9.17) is 15.6 Å². The maximum atomic E-state index is 12.1. The highest BCUT2D eigenvalue weighted by molar-refractivity contribution is 5.79. The summed E-state index contributed by atoms with van der Waals surface area (Å²) < 4.78 is 27.7. The Balaban J connectivity index is 1.39. The van der Waals surface area contributed by atoms with Gasteiger partial charge < -0.3 is 18.9 Å². The molecule has 0 saturated heterocycles. The van der Waals surface area contributed by atoms with E-state index in [2.05, 4.69) is 22.2 Å². The van der Waals surface area contributed by atoms with Crippen molar-refractivity contribution in [2.24, 2.45) is 0 Å². The molecule has 0 spiro atoms. The number of amides is 1. The van der Waals surface area contributed by atoms with E-state index in [1.165, 1.54) is 7.11 Å². The van der Waals surface area contributed by atoms with Crippen LogP contribution in [0.15, 0.2) is 48.5 Å². The van der Waals surface area contributed by atoms with Gasteiger partial charge in [0.1, 0.15) is 19.4 Å². The van der Waals surface area contributed by atoms with Crippen LogP contribution in [-0.2, 0) is 28.5 Å². The fourth-order valence-electron chi connectivity index (χ4n) is 3.53. The molecular formula is C24H27NO7. The number of carbonyl (C=O) groups excluding carboxylic acids is 3. The van der Waals surface area contributed by atoms with Crippen molar-refractivity contribution in [3.63, 3.8) is 0 Å². The summed E-state index contributed by atoms with van der Waals surface area (Å²) >= 11 is 0. The predicted octanol–water partition coefficient (Wildman–Crippen LogP) is 3.38. The van der Waals surface area contributed by atoms with E-state index in [9.17, 15) is 14.4 Å². The van der Waals surface area contributed by atoms with Crippen LogP contribution in [0.2, 0.25) is 0 Å². The van der Waals surface area contributed by atoms with Crippen LogP contribution < -0.4 is 5.32 Å². The number of esters is 2. The standard InChI is InChI=1S/C24H27NO7/c1-16(32-23(27)12-11-22(26)29-2)13-30-15-25-24(28)31-14-21-19-9-5-3-7-17(19)18-8-4-6-10-20(18)21/h3-10,16,21H,11-15H2,1-2H3,(H,25,28)/i1D. The van der Waals surface area contributed by atoms with E-state index in [0.717, 1.165) is 22.3 Å². The fraction of sp³-hybridized carbons (Fsp3) is 0.375. The Morgan fingerprint density at radius 3 is 2.25 bits per heavy atom. The zero-order valence-corrected chi connectivity index (χ0v) is 17.9. The number of methoxy groups -OCH3 is 1. The Kier molecular flexibility index (Phi) is 7.70. The summed E-state index contributed by atoms with van der Waals surface area (Å²) in [6.07, 6.45) is -1.67. The molecule has 2 aromatic rings. The van der Waals surface area contributed by atoms with E-state index >= 15 is 0 Å². The predicted molar refractivity (Wildman–Crippen MR) is 116 cm³/mol. The van der Waals surface area contributed by atoms with Crippen LogP contribution in [0.4, 0.5) is 4.79 Å². The second kappa shape index (κ2) is 11.3. The summed E-state index contributed by atoms with van der Waals surface area (Å²) in [7, 11) is 1.23. The monoisotopic (exact) mass is 442 g/mol. The molecule has 1 unspecified atom stereocenters. The van der Waals surface area contributed by atoms with Crippen molar-refractivity contribution >= 4 is 18.0 Å². The molecule has 1 atom stereocenters. The van der Waals surface area contributed by atoms with E-state index < -0.39 is 24.1 Å². The fourth-order valence-corrected chi connectivity index (χ4v) is 3.53. The topological polar surface area (TPSA) is 100 Å². The molecule has 3 rings (SSSR count). The van der Waals surface area contributed by atoms with Gasteiger partial charge in [0.05, 0.1) is 26.6 Å². The summed E-state index contributed by atoms with van der Waals surface area (Å²) in [5, 5.41) is 2.49. The molecule has 1 amide bonds. The molecule has 170 valence electrons. The maximum Gasteiger partial charge on any atom is 0.408 e. The third kappa shape index (κ3) is 6.07. The van der Waals surface area contributed by atoms with E-state index in [-0.39, 0.29) is 45.6 Å². The zero-order valence-electron chi connectivity index (χ0n) is 18.9. The van der Waals surface area contributed by atoms with Gasteiger partial charge in [-0.05, 0) is 29.2 Å². The van der Waals surface area contributed by atoms with Gasteiger partial charge in [-0.1, -0.05) is 48.5 Å². The number of benzene rings is 2. The number of rotatable bonds is 10. The van der Waals surface area contributed by atoms with Gasteiger partial charge in [-0.15, -0.1) is 0 Å². The van der Waals surface area contributed by atoms with Crippen molar-refractivity contribution in [1.82, 2.24) is 5.32 Å². The van der Waals surface area contributed by atoms with Crippen LogP contribution in [0.1, 0.15) is 38.2 Å². The lowest BCUT2D eigenvalue weighted by molar-refractivity contribution is -0.154. The summed E-state index contributed by atoms with van der Waals surface area (Å²) in [6, 6.07) is 16.1. The van der Waals surface area contributed by atoms with Crippen LogP contribution in [0.25, 0.3) is 11.1 Å². The maximum absolute atomic E-state index is 12.1. The van der Waals surface area contributed by atoms with Crippen molar-refractivity contribution in [2.45, 2.75) is 31.8 Å². The average Bonchev–Trinajstić information content (AvgIpc) is 3.16. The highest BCUT2D eigenvalue weighted by atomic mass is 16.6. The van der Waals surface area contributed by atoms with Crippen LogP contribution >= 0.6 is 0 Å². The van der Waals surface area contributed by atoms with Gasteiger partial charge in [-0.25, -0.2) is 4.79 Å². The smallest absolute Gasteiger partial charge is 0.408 e. The molecule has 0 radical (unpaired) electrons. The number of fused-ring (bicyclic) bond motifs is 3. The first-order valence-corrected chi connectivity index (χ1v) is 10.3. The Bertz CT molecular complexity index is 935. The van der Waals surface area contributed by atoms with Crippen LogP contribution in [0, 0.1) is 0 Å². The minimum atomic E-state index is -0.806. The first kappa shape index (κ1) is 21.8. The lowest BCUT2D eigenvalue weighted by atomic mass is 9.98. The molecule has 2 aromatic carbocycles. The molecule has 1 aliphatic carbocycles. The molecule has 0 bridgehead atoms. The number of nitrogens with one attached hydrogen (secondary N) is 1. The Labute approximate surface area is 188 Å². The van der Waals surface area contributed by atoms with Gasteiger partial charge in [0, 0.05) is 7.29 Å². The molecule has 0 heterocycles. The van der Waals surface area contributed by atoms with Crippen molar-refractivity contribution < 1.29 is 34.7 Å². The lowest BCUT2D eigenvalue weighted by Gasteiger charge is -2.16. The lowest BCUT2D eigenvalue weighted by Crippen LogP contribution is -2.30. The first-order chi connectivity index (χ1) is 16.0.